The van der Waals surface area contributed by atoms with Crippen LogP contribution in [0.15, 0.2) is 23.1 Å². The SMILES string of the molecule is Cc1nnc(CNc2ccc(F)cc2S(=O)(=O)C(F)(F)F)n1C1CC1. The maximum Gasteiger partial charge on any atom is 0.501 e. The molecule has 1 heterocycles. The van der Waals surface area contributed by atoms with Crippen LogP contribution in [0, 0.1) is 12.7 Å². The zero-order chi connectivity index (χ0) is 18.4. The molecule has 3 rings (SSSR count). The molecule has 0 radical (unpaired) electrons. The van der Waals surface area contributed by atoms with E-state index in [2.05, 4.69) is 15.5 Å². The number of nitrogens with one attached hydrogen (secondary N) is 1. The van der Waals surface area contributed by atoms with E-state index < -0.39 is 26.1 Å². The lowest BCUT2D eigenvalue weighted by Crippen LogP contribution is -2.24. The largest absolute Gasteiger partial charge is 0.501 e. The molecule has 1 aromatic heterocycles. The van der Waals surface area contributed by atoms with Crippen molar-refractivity contribution in [2.75, 3.05) is 5.32 Å². The van der Waals surface area contributed by atoms with E-state index in [1.165, 1.54) is 0 Å². The first kappa shape index (κ1) is 17.6. The maximum absolute atomic E-state index is 13.3. The zero-order valence-corrected chi connectivity index (χ0v) is 13.8. The van der Waals surface area contributed by atoms with Crippen LogP contribution >= 0.6 is 0 Å². The van der Waals surface area contributed by atoms with Gasteiger partial charge in [0, 0.05) is 6.04 Å². The predicted molar refractivity (Wildman–Crippen MR) is 80.0 cm³/mol. The second-order valence-corrected chi connectivity index (χ2v) is 7.62. The molecule has 0 saturated heterocycles. The molecular weight excluding hydrogens is 364 g/mol. The van der Waals surface area contributed by atoms with Gasteiger partial charge in [-0.25, -0.2) is 12.8 Å². The van der Waals surface area contributed by atoms with Gasteiger partial charge < -0.3 is 9.88 Å². The first-order chi connectivity index (χ1) is 11.6. The van der Waals surface area contributed by atoms with E-state index in [9.17, 15) is 26.0 Å². The van der Waals surface area contributed by atoms with Crippen molar-refractivity contribution in [3.63, 3.8) is 0 Å². The summed E-state index contributed by atoms with van der Waals surface area (Å²) in [5, 5.41) is 10.5. The Morgan fingerprint density at radius 3 is 2.56 bits per heavy atom. The van der Waals surface area contributed by atoms with Crippen molar-refractivity contribution in [1.82, 2.24) is 14.8 Å². The quantitative estimate of drug-likeness (QED) is 0.810. The van der Waals surface area contributed by atoms with E-state index in [-0.39, 0.29) is 18.3 Å². The van der Waals surface area contributed by atoms with Crippen LogP contribution in [0.3, 0.4) is 0 Å². The summed E-state index contributed by atoms with van der Waals surface area (Å²) in [6, 6.07) is 2.44. The first-order valence-electron chi connectivity index (χ1n) is 7.36. The summed E-state index contributed by atoms with van der Waals surface area (Å²) < 4.78 is 76.9. The molecule has 6 nitrogen and oxygen atoms in total. The number of sulfone groups is 1. The highest BCUT2D eigenvalue weighted by Gasteiger charge is 2.48. The molecule has 0 aliphatic heterocycles. The summed E-state index contributed by atoms with van der Waals surface area (Å²) in [4.78, 5) is -1.16. The Kier molecular flexibility index (Phi) is 4.21. The fraction of sp³-hybridized carbons (Fsp3) is 0.429. The van der Waals surface area contributed by atoms with Gasteiger partial charge in [0.1, 0.15) is 16.5 Å². The van der Waals surface area contributed by atoms with E-state index in [1.54, 1.807) is 6.92 Å². The Hall–Kier alpha value is -2.17. The van der Waals surface area contributed by atoms with Crippen molar-refractivity contribution in [3.8, 4) is 0 Å². The molecule has 0 unspecified atom stereocenters. The molecule has 0 amide bonds. The molecule has 25 heavy (non-hydrogen) atoms. The molecule has 0 bridgehead atoms. The normalized spacial score (nSPS) is 15.4. The number of nitrogens with zero attached hydrogens (tertiary/aromatic N) is 3. The molecule has 136 valence electrons. The average molecular weight is 378 g/mol. The third-order valence-electron chi connectivity index (χ3n) is 3.82. The van der Waals surface area contributed by atoms with Gasteiger partial charge in [0.05, 0.1) is 12.2 Å². The number of hydrogen-bond donors (Lipinski definition) is 1. The standard InChI is InChI=1S/C14H14F4N4O2S/c1-8-20-21-13(22(8)10-3-4-10)7-19-11-5-2-9(15)6-12(11)25(23,24)14(16,17)18/h2,5-6,10,19H,3-4,7H2,1H3. The number of halogens is 4. The van der Waals surface area contributed by atoms with Gasteiger partial charge in [-0.15, -0.1) is 10.2 Å². The third-order valence-corrected chi connectivity index (χ3v) is 5.35. The van der Waals surface area contributed by atoms with E-state index >= 15 is 0 Å². The molecule has 1 saturated carbocycles. The minimum Gasteiger partial charge on any atom is -0.377 e. The van der Waals surface area contributed by atoms with Crippen molar-refractivity contribution in [2.45, 2.75) is 42.8 Å². The van der Waals surface area contributed by atoms with Crippen molar-refractivity contribution < 1.29 is 26.0 Å². The Bertz CT molecular complexity index is 904. The lowest BCUT2D eigenvalue weighted by Gasteiger charge is -2.14. The summed E-state index contributed by atoms with van der Waals surface area (Å²) in [5.74, 6) is 0.0617. The molecular formula is C14H14F4N4O2S. The molecule has 1 aromatic carbocycles. The van der Waals surface area contributed by atoms with E-state index in [0.717, 1.165) is 25.0 Å². The summed E-state index contributed by atoms with van der Waals surface area (Å²) in [6.07, 6.45) is 1.91. The molecule has 1 fully saturated rings. The smallest absolute Gasteiger partial charge is 0.377 e. The average Bonchev–Trinajstić information content (AvgIpc) is 3.28. The molecule has 1 aliphatic rings. The van der Waals surface area contributed by atoms with E-state index in [1.807, 2.05) is 4.57 Å². The van der Waals surface area contributed by atoms with Crippen LogP contribution in [0.4, 0.5) is 23.2 Å². The first-order valence-corrected chi connectivity index (χ1v) is 8.84. The second-order valence-electron chi connectivity index (χ2n) is 5.71. The number of hydrogen-bond acceptors (Lipinski definition) is 5. The highest BCUT2D eigenvalue weighted by atomic mass is 32.2. The second kappa shape index (κ2) is 5.97. The molecule has 0 spiro atoms. The molecule has 0 atom stereocenters. The van der Waals surface area contributed by atoms with Gasteiger partial charge in [-0.2, -0.15) is 13.2 Å². The molecule has 11 heteroatoms. The fourth-order valence-corrected chi connectivity index (χ4v) is 3.45. The number of aromatic nitrogens is 3. The van der Waals surface area contributed by atoms with Gasteiger partial charge in [0.15, 0.2) is 5.82 Å². The van der Waals surface area contributed by atoms with E-state index in [0.29, 0.717) is 17.7 Å². The summed E-state index contributed by atoms with van der Waals surface area (Å²) >= 11 is 0. The Balaban J connectivity index is 1.91. The van der Waals surface area contributed by atoms with Crippen LogP contribution in [0.25, 0.3) is 0 Å². The lowest BCUT2D eigenvalue weighted by atomic mass is 10.3. The van der Waals surface area contributed by atoms with Gasteiger partial charge in [0.25, 0.3) is 9.84 Å². The summed E-state index contributed by atoms with van der Waals surface area (Å²) in [6.45, 7) is 1.72. The van der Waals surface area contributed by atoms with Crippen molar-refractivity contribution in [3.05, 3.63) is 35.7 Å². The molecule has 1 N–H and O–H groups in total. The van der Waals surface area contributed by atoms with Crippen LogP contribution in [0.5, 0.6) is 0 Å². The Labute approximate surface area is 140 Å². The minimum absolute atomic E-state index is 0.0383. The van der Waals surface area contributed by atoms with Gasteiger partial charge >= 0.3 is 5.51 Å². The van der Waals surface area contributed by atoms with Gasteiger partial charge in [0.2, 0.25) is 0 Å². The number of rotatable bonds is 5. The summed E-state index contributed by atoms with van der Waals surface area (Å²) in [7, 11) is -5.69. The highest BCUT2D eigenvalue weighted by Crippen LogP contribution is 2.37. The van der Waals surface area contributed by atoms with Gasteiger partial charge in [-0.05, 0) is 38.0 Å². The van der Waals surface area contributed by atoms with Crippen LogP contribution in [0.1, 0.15) is 30.5 Å². The third kappa shape index (κ3) is 3.32. The monoisotopic (exact) mass is 378 g/mol. The summed E-state index contributed by atoms with van der Waals surface area (Å²) in [5.41, 5.74) is -5.87. The van der Waals surface area contributed by atoms with Gasteiger partial charge in [-0.1, -0.05) is 0 Å². The Morgan fingerprint density at radius 1 is 1.28 bits per heavy atom. The number of aryl methyl sites for hydroxylation is 1. The highest BCUT2D eigenvalue weighted by molar-refractivity contribution is 7.92. The maximum atomic E-state index is 13.3. The van der Waals surface area contributed by atoms with Crippen LogP contribution < -0.4 is 5.32 Å². The predicted octanol–water partition coefficient (Wildman–Crippen LogP) is 2.97. The number of benzene rings is 1. The molecule has 2 aromatic rings. The Morgan fingerprint density at radius 2 is 1.96 bits per heavy atom. The van der Waals surface area contributed by atoms with Crippen molar-refractivity contribution >= 4 is 15.5 Å². The van der Waals surface area contributed by atoms with Crippen LogP contribution in [-0.2, 0) is 16.4 Å². The van der Waals surface area contributed by atoms with Crippen molar-refractivity contribution in [2.24, 2.45) is 0 Å². The topological polar surface area (TPSA) is 76.9 Å². The number of alkyl halides is 3. The minimum atomic E-state index is -5.69. The van der Waals surface area contributed by atoms with Crippen LogP contribution in [0.2, 0.25) is 0 Å². The zero-order valence-electron chi connectivity index (χ0n) is 13.0. The van der Waals surface area contributed by atoms with Crippen LogP contribution in [-0.4, -0.2) is 28.7 Å². The van der Waals surface area contributed by atoms with E-state index in [4.69, 9.17) is 0 Å². The molecule has 1 aliphatic carbocycles. The fourth-order valence-electron chi connectivity index (χ4n) is 2.50. The van der Waals surface area contributed by atoms with Crippen molar-refractivity contribution in [1.29, 1.82) is 0 Å². The lowest BCUT2D eigenvalue weighted by molar-refractivity contribution is -0.0435. The number of anilines is 1. The van der Waals surface area contributed by atoms with Gasteiger partial charge in [-0.3, -0.25) is 0 Å².